The Bertz CT molecular complexity index is 194. The summed E-state index contributed by atoms with van der Waals surface area (Å²) in [4.78, 5) is 2.75. The van der Waals surface area contributed by atoms with Crippen molar-refractivity contribution in [2.45, 2.75) is 64.1 Å². The van der Waals surface area contributed by atoms with Crippen LogP contribution >= 0.6 is 0 Å². The molecule has 2 heterocycles. The molecule has 2 aliphatic rings. The van der Waals surface area contributed by atoms with Crippen LogP contribution in [0, 0.1) is 5.92 Å². The Kier molecular flexibility index (Phi) is 2.61. The van der Waals surface area contributed by atoms with E-state index < -0.39 is 0 Å². The number of hydrogen-bond acceptors (Lipinski definition) is 2. The van der Waals surface area contributed by atoms with E-state index >= 15 is 0 Å². The van der Waals surface area contributed by atoms with Crippen molar-refractivity contribution >= 4 is 0 Å². The molecule has 1 atom stereocenters. The molecule has 1 unspecified atom stereocenters. The Labute approximate surface area is 87.8 Å². The molecular formula is C12H24N2. The monoisotopic (exact) mass is 196 g/mol. The van der Waals surface area contributed by atoms with Gasteiger partial charge in [-0.25, -0.2) is 0 Å². The van der Waals surface area contributed by atoms with Gasteiger partial charge in [0.25, 0.3) is 0 Å². The molecule has 0 amide bonds. The zero-order valence-corrected chi connectivity index (χ0v) is 9.79. The summed E-state index contributed by atoms with van der Waals surface area (Å²) in [6.45, 7) is 7.78. The maximum absolute atomic E-state index is 6.00. The molecule has 82 valence electrons. The molecule has 2 nitrogen and oxygen atoms in total. The lowest BCUT2D eigenvalue weighted by molar-refractivity contribution is 0.0507. The van der Waals surface area contributed by atoms with Gasteiger partial charge < -0.3 is 5.73 Å². The van der Waals surface area contributed by atoms with E-state index in [1.165, 1.54) is 25.7 Å². The Morgan fingerprint density at radius 2 is 1.64 bits per heavy atom. The van der Waals surface area contributed by atoms with Gasteiger partial charge in [-0.1, -0.05) is 13.8 Å². The molecule has 0 radical (unpaired) electrons. The smallest absolute Gasteiger partial charge is 0.0332 e. The van der Waals surface area contributed by atoms with Crippen molar-refractivity contribution < 1.29 is 0 Å². The van der Waals surface area contributed by atoms with E-state index in [1.54, 1.807) is 0 Å². The van der Waals surface area contributed by atoms with E-state index in [1.807, 2.05) is 0 Å². The molecule has 2 heteroatoms. The van der Waals surface area contributed by atoms with Crippen LogP contribution in [0.5, 0.6) is 0 Å². The molecule has 2 N–H and O–H groups in total. The maximum Gasteiger partial charge on any atom is 0.0332 e. The average molecular weight is 196 g/mol. The van der Waals surface area contributed by atoms with Gasteiger partial charge >= 0.3 is 0 Å². The van der Waals surface area contributed by atoms with Crippen LogP contribution < -0.4 is 5.73 Å². The first-order chi connectivity index (χ1) is 6.59. The van der Waals surface area contributed by atoms with Gasteiger partial charge in [-0.05, 0) is 38.5 Å². The van der Waals surface area contributed by atoms with E-state index in [4.69, 9.17) is 5.73 Å². The summed E-state index contributed by atoms with van der Waals surface area (Å²) < 4.78 is 0. The predicted octanol–water partition coefficient (Wildman–Crippen LogP) is 1.99. The zero-order valence-electron chi connectivity index (χ0n) is 9.79. The van der Waals surface area contributed by atoms with Crippen molar-refractivity contribution in [1.82, 2.24) is 4.90 Å². The van der Waals surface area contributed by atoms with Gasteiger partial charge in [0.1, 0.15) is 0 Å². The Morgan fingerprint density at radius 3 is 1.93 bits per heavy atom. The Morgan fingerprint density at radius 1 is 1.21 bits per heavy atom. The van der Waals surface area contributed by atoms with Crippen LogP contribution in [0.4, 0.5) is 0 Å². The van der Waals surface area contributed by atoms with Crippen LogP contribution in [0.1, 0.15) is 46.5 Å². The minimum atomic E-state index is 0.238. The van der Waals surface area contributed by atoms with Crippen LogP contribution in [-0.2, 0) is 0 Å². The quantitative estimate of drug-likeness (QED) is 0.748. The third-order valence-electron chi connectivity index (χ3n) is 4.70. The van der Waals surface area contributed by atoms with Crippen LogP contribution in [0.2, 0.25) is 0 Å². The van der Waals surface area contributed by atoms with E-state index in [-0.39, 0.29) is 5.54 Å². The first-order valence-corrected chi connectivity index (χ1v) is 6.08. The summed E-state index contributed by atoms with van der Waals surface area (Å²) in [7, 11) is 0. The standard InChI is InChI=1S/C12H24N2/c1-9(2)12(3,8-13)14-10-4-5-11(14)7-6-10/h9-11H,4-8,13H2,1-3H3. The molecule has 2 bridgehead atoms. The lowest BCUT2D eigenvalue weighted by Crippen LogP contribution is -2.57. The maximum atomic E-state index is 6.00. The van der Waals surface area contributed by atoms with E-state index in [0.29, 0.717) is 5.92 Å². The van der Waals surface area contributed by atoms with E-state index in [9.17, 15) is 0 Å². The molecule has 0 aromatic carbocycles. The summed E-state index contributed by atoms with van der Waals surface area (Å²) in [5.41, 5.74) is 6.24. The molecule has 2 aliphatic heterocycles. The SMILES string of the molecule is CC(C)C(C)(CN)N1C2CCC1CC2. The topological polar surface area (TPSA) is 29.3 Å². The van der Waals surface area contributed by atoms with Crippen molar-refractivity contribution in [3.8, 4) is 0 Å². The highest BCUT2D eigenvalue weighted by molar-refractivity contribution is 5.04. The molecule has 2 rings (SSSR count). The van der Waals surface area contributed by atoms with Gasteiger partial charge in [-0.15, -0.1) is 0 Å². The van der Waals surface area contributed by atoms with Gasteiger partial charge in [0.15, 0.2) is 0 Å². The van der Waals surface area contributed by atoms with Gasteiger partial charge in [-0.2, -0.15) is 0 Å². The molecule has 0 aliphatic carbocycles. The Hall–Kier alpha value is -0.0800. The fraction of sp³-hybridized carbons (Fsp3) is 1.00. The first kappa shape index (κ1) is 10.4. The van der Waals surface area contributed by atoms with Gasteiger partial charge in [0.05, 0.1) is 0 Å². The van der Waals surface area contributed by atoms with Crippen LogP contribution in [0.15, 0.2) is 0 Å². The predicted molar refractivity (Wildman–Crippen MR) is 60.2 cm³/mol. The summed E-state index contributed by atoms with van der Waals surface area (Å²) in [5.74, 6) is 0.661. The van der Waals surface area contributed by atoms with Gasteiger partial charge in [-0.3, -0.25) is 4.90 Å². The number of fused-ring (bicyclic) bond motifs is 2. The second-order valence-corrected chi connectivity index (χ2v) is 5.59. The molecule has 0 aromatic rings. The van der Waals surface area contributed by atoms with Crippen LogP contribution in [0.25, 0.3) is 0 Å². The number of nitrogens with zero attached hydrogens (tertiary/aromatic N) is 1. The van der Waals surface area contributed by atoms with E-state index in [2.05, 4.69) is 25.7 Å². The number of rotatable bonds is 3. The summed E-state index contributed by atoms with van der Waals surface area (Å²) in [6, 6.07) is 1.69. The molecule has 2 fully saturated rings. The van der Waals surface area contributed by atoms with Crippen LogP contribution in [0.3, 0.4) is 0 Å². The van der Waals surface area contributed by atoms with E-state index in [0.717, 1.165) is 18.6 Å². The largest absolute Gasteiger partial charge is 0.329 e. The van der Waals surface area contributed by atoms with Crippen LogP contribution in [-0.4, -0.2) is 29.1 Å². The van der Waals surface area contributed by atoms with Crippen molar-refractivity contribution in [1.29, 1.82) is 0 Å². The average Bonchev–Trinajstić information content (AvgIpc) is 2.75. The minimum Gasteiger partial charge on any atom is -0.329 e. The third kappa shape index (κ3) is 1.31. The lowest BCUT2D eigenvalue weighted by Gasteiger charge is -2.44. The van der Waals surface area contributed by atoms with Gasteiger partial charge in [0.2, 0.25) is 0 Å². The summed E-state index contributed by atoms with van der Waals surface area (Å²) in [5, 5.41) is 0. The molecule has 0 spiro atoms. The highest BCUT2D eigenvalue weighted by Gasteiger charge is 2.48. The fourth-order valence-electron chi connectivity index (χ4n) is 3.39. The highest BCUT2D eigenvalue weighted by atomic mass is 15.3. The minimum absolute atomic E-state index is 0.238. The lowest BCUT2D eigenvalue weighted by atomic mass is 9.86. The summed E-state index contributed by atoms with van der Waals surface area (Å²) in [6.07, 6.45) is 5.64. The molecule has 14 heavy (non-hydrogen) atoms. The fourth-order valence-corrected chi connectivity index (χ4v) is 3.39. The van der Waals surface area contributed by atoms with Crippen molar-refractivity contribution in [3.05, 3.63) is 0 Å². The molecule has 2 saturated heterocycles. The number of hydrogen-bond donors (Lipinski definition) is 1. The highest BCUT2D eigenvalue weighted by Crippen LogP contribution is 2.44. The van der Waals surface area contributed by atoms with Crippen molar-refractivity contribution in [3.63, 3.8) is 0 Å². The third-order valence-corrected chi connectivity index (χ3v) is 4.70. The molecule has 0 aromatic heterocycles. The summed E-state index contributed by atoms with van der Waals surface area (Å²) >= 11 is 0. The van der Waals surface area contributed by atoms with Crippen molar-refractivity contribution in [2.24, 2.45) is 11.7 Å². The second-order valence-electron chi connectivity index (χ2n) is 5.59. The van der Waals surface area contributed by atoms with Crippen molar-refractivity contribution in [2.75, 3.05) is 6.54 Å². The van der Waals surface area contributed by atoms with Gasteiger partial charge in [0, 0.05) is 24.2 Å². The molecular weight excluding hydrogens is 172 g/mol. The Balaban J connectivity index is 2.20. The second kappa shape index (κ2) is 3.49. The zero-order chi connectivity index (χ0) is 10.3. The molecule has 0 saturated carbocycles. The normalized spacial score (nSPS) is 36.6. The first-order valence-electron chi connectivity index (χ1n) is 6.08. The number of nitrogens with two attached hydrogens (primary N) is 1.